The molecule has 17 heavy (non-hydrogen) atoms. The fourth-order valence-electron chi connectivity index (χ4n) is 1.45. The molecule has 0 bridgehead atoms. The van der Waals surface area contributed by atoms with Crippen molar-refractivity contribution in [1.82, 2.24) is 9.55 Å². The van der Waals surface area contributed by atoms with E-state index in [1.54, 1.807) is 14.0 Å². The number of anilines is 1. The standard InChI is InChI=1S/C9H14N4O4/c1-5(9(14)15)11(3)8-7(13(16)17)10-6(2)12(8)4/h5H,1-4H3,(H,14,15). The highest BCUT2D eigenvalue weighted by atomic mass is 16.6. The number of rotatable bonds is 4. The van der Waals surface area contributed by atoms with E-state index < -0.39 is 16.9 Å². The maximum atomic E-state index is 10.9. The van der Waals surface area contributed by atoms with Crippen molar-refractivity contribution >= 4 is 17.6 Å². The van der Waals surface area contributed by atoms with Crippen LogP contribution in [0.15, 0.2) is 0 Å². The summed E-state index contributed by atoms with van der Waals surface area (Å²) in [6, 6.07) is -0.872. The lowest BCUT2D eigenvalue weighted by molar-refractivity contribution is -0.388. The molecule has 0 spiro atoms. The van der Waals surface area contributed by atoms with Crippen molar-refractivity contribution < 1.29 is 14.8 Å². The molecule has 1 unspecified atom stereocenters. The number of hydrogen-bond donors (Lipinski definition) is 1. The molecule has 0 saturated carbocycles. The Hall–Kier alpha value is -2.12. The minimum atomic E-state index is -1.05. The first-order valence-electron chi connectivity index (χ1n) is 4.90. The molecular weight excluding hydrogens is 228 g/mol. The van der Waals surface area contributed by atoms with Crippen LogP contribution >= 0.6 is 0 Å². The van der Waals surface area contributed by atoms with Gasteiger partial charge in [0, 0.05) is 21.0 Å². The van der Waals surface area contributed by atoms with E-state index in [-0.39, 0.29) is 11.6 Å². The molecule has 94 valence electrons. The van der Waals surface area contributed by atoms with Crippen LogP contribution in [0.4, 0.5) is 11.6 Å². The number of aryl methyl sites for hydroxylation is 1. The fourth-order valence-corrected chi connectivity index (χ4v) is 1.45. The van der Waals surface area contributed by atoms with Crippen molar-refractivity contribution in [3.05, 3.63) is 15.9 Å². The van der Waals surface area contributed by atoms with Gasteiger partial charge in [0.1, 0.15) is 6.04 Å². The van der Waals surface area contributed by atoms with Crippen LogP contribution in [0, 0.1) is 17.0 Å². The largest absolute Gasteiger partial charge is 0.480 e. The van der Waals surface area contributed by atoms with Crippen LogP contribution in [0.3, 0.4) is 0 Å². The molecular formula is C9H14N4O4. The third-order valence-electron chi connectivity index (χ3n) is 2.72. The number of nitrogens with zero attached hydrogens (tertiary/aromatic N) is 4. The van der Waals surface area contributed by atoms with E-state index in [0.717, 1.165) is 0 Å². The number of imidazole rings is 1. The van der Waals surface area contributed by atoms with Crippen LogP contribution in [0.25, 0.3) is 0 Å². The SMILES string of the molecule is Cc1nc([N+](=O)[O-])c(N(C)C(C)C(=O)O)n1C. The van der Waals surface area contributed by atoms with Gasteiger partial charge in [-0.05, 0) is 16.8 Å². The van der Waals surface area contributed by atoms with Crippen molar-refractivity contribution in [2.75, 3.05) is 11.9 Å². The van der Waals surface area contributed by atoms with Gasteiger partial charge in [0.15, 0.2) is 0 Å². The van der Waals surface area contributed by atoms with Crippen molar-refractivity contribution in [3.8, 4) is 0 Å². The lowest BCUT2D eigenvalue weighted by Crippen LogP contribution is -2.37. The van der Waals surface area contributed by atoms with Crippen molar-refractivity contribution in [2.45, 2.75) is 19.9 Å². The van der Waals surface area contributed by atoms with Crippen molar-refractivity contribution in [1.29, 1.82) is 0 Å². The van der Waals surface area contributed by atoms with Crippen molar-refractivity contribution in [2.24, 2.45) is 7.05 Å². The highest BCUT2D eigenvalue weighted by Crippen LogP contribution is 2.28. The number of hydrogen-bond acceptors (Lipinski definition) is 5. The van der Waals surface area contributed by atoms with Gasteiger partial charge in [-0.15, -0.1) is 0 Å². The monoisotopic (exact) mass is 242 g/mol. The summed E-state index contributed by atoms with van der Waals surface area (Å²) in [5.74, 6) is -0.750. The summed E-state index contributed by atoms with van der Waals surface area (Å²) in [4.78, 5) is 26.2. The number of carbonyl (C=O) groups is 1. The molecule has 0 aromatic carbocycles. The van der Waals surface area contributed by atoms with Gasteiger partial charge in [0.05, 0.1) is 0 Å². The van der Waals surface area contributed by atoms with Gasteiger partial charge in [-0.2, -0.15) is 0 Å². The van der Waals surface area contributed by atoms with Gasteiger partial charge in [0.2, 0.25) is 11.6 Å². The summed E-state index contributed by atoms with van der Waals surface area (Å²) in [5.41, 5.74) is 0. The second-order valence-corrected chi connectivity index (χ2v) is 3.75. The summed E-state index contributed by atoms with van der Waals surface area (Å²) < 4.78 is 1.50. The lowest BCUT2D eigenvalue weighted by atomic mass is 10.3. The molecule has 0 radical (unpaired) electrons. The van der Waals surface area contributed by atoms with Gasteiger partial charge < -0.3 is 20.1 Å². The predicted octanol–water partition coefficient (Wildman–Crippen LogP) is 0.546. The Morgan fingerprint density at radius 2 is 2.18 bits per heavy atom. The maximum absolute atomic E-state index is 10.9. The molecule has 8 heteroatoms. The van der Waals surface area contributed by atoms with Crippen LogP contribution < -0.4 is 4.90 Å². The zero-order chi connectivity index (χ0) is 13.3. The minimum absolute atomic E-state index is 0.183. The van der Waals surface area contributed by atoms with E-state index in [0.29, 0.717) is 5.82 Å². The van der Waals surface area contributed by atoms with Crippen LogP contribution in [-0.2, 0) is 11.8 Å². The Morgan fingerprint density at radius 3 is 2.59 bits per heavy atom. The zero-order valence-corrected chi connectivity index (χ0v) is 10.0. The summed E-state index contributed by atoms with van der Waals surface area (Å²) in [7, 11) is 3.10. The Labute approximate surface area is 97.6 Å². The van der Waals surface area contributed by atoms with E-state index in [2.05, 4.69) is 4.98 Å². The average molecular weight is 242 g/mol. The third kappa shape index (κ3) is 2.19. The summed E-state index contributed by atoms with van der Waals surface area (Å²) in [6.45, 7) is 3.07. The Bertz CT molecular complexity index is 468. The molecule has 0 saturated heterocycles. The van der Waals surface area contributed by atoms with Crippen molar-refractivity contribution in [3.63, 3.8) is 0 Å². The second kappa shape index (κ2) is 4.40. The molecule has 1 heterocycles. The molecule has 0 aliphatic rings. The van der Waals surface area contributed by atoms with E-state index >= 15 is 0 Å². The lowest BCUT2D eigenvalue weighted by Gasteiger charge is -2.22. The van der Waals surface area contributed by atoms with E-state index in [4.69, 9.17) is 5.11 Å². The Morgan fingerprint density at radius 1 is 1.65 bits per heavy atom. The third-order valence-corrected chi connectivity index (χ3v) is 2.72. The van der Waals surface area contributed by atoms with Crippen LogP contribution in [0.1, 0.15) is 12.7 Å². The zero-order valence-electron chi connectivity index (χ0n) is 10.0. The number of aromatic nitrogens is 2. The molecule has 0 amide bonds. The van der Waals surface area contributed by atoms with Gasteiger partial charge in [-0.1, -0.05) is 0 Å². The van der Waals surface area contributed by atoms with Crippen LogP contribution in [0.2, 0.25) is 0 Å². The molecule has 8 nitrogen and oxygen atoms in total. The predicted molar refractivity (Wildman–Crippen MR) is 60.1 cm³/mol. The second-order valence-electron chi connectivity index (χ2n) is 3.75. The van der Waals surface area contributed by atoms with Crippen LogP contribution in [0.5, 0.6) is 0 Å². The van der Waals surface area contributed by atoms with E-state index in [1.807, 2.05) is 0 Å². The van der Waals surface area contributed by atoms with Gasteiger partial charge in [-0.25, -0.2) is 4.79 Å². The maximum Gasteiger partial charge on any atom is 0.406 e. The molecule has 1 aromatic rings. The van der Waals surface area contributed by atoms with E-state index in [9.17, 15) is 14.9 Å². The molecule has 1 rings (SSSR count). The minimum Gasteiger partial charge on any atom is -0.480 e. The quantitative estimate of drug-likeness (QED) is 0.611. The number of carboxylic acid groups (broad SMARTS) is 1. The first kappa shape index (κ1) is 12.9. The first-order valence-corrected chi connectivity index (χ1v) is 4.90. The smallest absolute Gasteiger partial charge is 0.406 e. The average Bonchev–Trinajstić information content (AvgIpc) is 2.53. The van der Waals surface area contributed by atoms with Crippen LogP contribution in [-0.4, -0.2) is 38.6 Å². The summed E-state index contributed by atoms with van der Waals surface area (Å²) in [5, 5.41) is 19.7. The summed E-state index contributed by atoms with van der Waals surface area (Å²) >= 11 is 0. The van der Waals surface area contributed by atoms with E-state index in [1.165, 1.54) is 23.4 Å². The number of likely N-dealkylation sites (N-methyl/N-ethyl adjacent to an activating group) is 1. The Kier molecular flexibility index (Phi) is 3.35. The topological polar surface area (TPSA) is 102 Å². The molecule has 1 aromatic heterocycles. The van der Waals surface area contributed by atoms with Gasteiger partial charge >= 0.3 is 11.8 Å². The normalized spacial score (nSPS) is 12.2. The number of carboxylic acids is 1. The fraction of sp³-hybridized carbons (Fsp3) is 0.556. The number of nitro groups is 1. The highest BCUT2D eigenvalue weighted by Gasteiger charge is 2.30. The molecule has 0 aliphatic carbocycles. The first-order chi connectivity index (χ1) is 7.77. The molecule has 1 N–H and O–H groups in total. The highest BCUT2D eigenvalue weighted by molar-refractivity contribution is 5.78. The van der Waals surface area contributed by atoms with Gasteiger partial charge in [-0.3, -0.25) is 4.57 Å². The van der Waals surface area contributed by atoms with Gasteiger partial charge in [0.25, 0.3) is 0 Å². The number of aliphatic carboxylic acids is 1. The molecule has 0 fully saturated rings. The molecule has 1 atom stereocenters. The Balaban J connectivity index is 3.29. The molecule has 0 aliphatic heterocycles. The summed E-state index contributed by atoms with van der Waals surface area (Å²) in [6.07, 6.45) is 0.